The molecule has 26 heavy (non-hydrogen) atoms. The zero-order valence-corrected chi connectivity index (χ0v) is 14.7. The van der Waals surface area contributed by atoms with E-state index in [1.54, 1.807) is 40.2 Å². The Morgan fingerprint density at radius 3 is 2.88 bits per heavy atom. The summed E-state index contributed by atoms with van der Waals surface area (Å²) in [6, 6.07) is 7.41. The molecular weight excluding hydrogens is 330 g/mol. The Balaban J connectivity index is 1.53. The molecule has 1 atom stereocenters. The number of nitrogens with zero attached hydrogens (tertiary/aromatic N) is 7. The van der Waals surface area contributed by atoms with Crippen LogP contribution in [-0.2, 0) is 20.1 Å². The minimum Gasteiger partial charge on any atom is -0.293 e. The van der Waals surface area contributed by atoms with Gasteiger partial charge in [0.1, 0.15) is 0 Å². The Morgan fingerprint density at radius 2 is 2.12 bits per heavy atom. The predicted molar refractivity (Wildman–Crippen MR) is 96.2 cm³/mol. The molecule has 0 aliphatic carbocycles. The highest BCUT2D eigenvalue weighted by atomic mass is 16.1. The molecule has 1 aliphatic heterocycles. The molecule has 0 N–H and O–H groups in total. The van der Waals surface area contributed by atoms with Crippen molar-refractivity contribution in [2.45, 2.75) is 32.0 Å². The van der Waals surface area contributed by atoms with Crippen molar-refractivity contribution in [3.8, 4) is 11.3 Å². The highest BCUT2D eigenvalue weighted by molar-refractivity contribution is 5.56. The third-order valence-corrected chi connectivity index (χ3v) is 4.72. The van der Waals surface area contributed by atoms with Crippen molar-refractivity contribution >= 4 is 0 Å². The van der Waals surface area contributed by atoms with Crippen LogP contribution in [-0.4, -0.2) is 47.2 Å². The van der Waals surface area contributed by atoms with Gasteiger partial charge in [-0.2, -0.15) is 20.1 Å². The van der Waals surface area contributed by atoms with Crippen molar-refractivity contribution in [2.75, 3.05) is 6.54 Å². The summed E-state index contributed by atoms with van der Waals surface area (Å²) < 4.78 is 1.57. The van der Waals surface area contributed by atoms with Crippen LogP contribution < -0.4 is 5.56 Å². The van der Waals surface area contributed by atoms with Crippen LogP contribution in [0.5, 0.6) is 0 Å². The molecular formula is C18H21N7O. The molecule has 0 spiro atoms. The molecule has 134 valence electrons. The molecule has 1 fully saturated rings. The number of pyridine rings is 1. The van der Waals surface area contributed by atoms with Crippen molar-refractivity contribution in [1.82, 2.24) is 34.7 Å². The van der Waals surface area contributed by atoms with Crippen LogP contribution in [0.1, 0.15) is 18.5 Å². The van der Waals surface area contributed by atoms with E-state index in [-0.39, 0.29) is 11.6 Å². The summed E-state index contributed by atoms with van der Waals surface area (Å²) in [5.41, 5.74) is 2.54. The Hall–Kier alpha value is -2.87. The lowest BCUT2D eigenvalue weighted by molar-refractivity contribution is 0.214. The van der Waals surface area contributed by atoms with E-state index in [2.05, 4.69) is 25.2 Å². The Labute approximate surface area is 151 Å². The van der Waals surface area contributed by atoms with Gasteiger partial charge < -0.3 is 0 Å². The molecule has 8 heteroatoms. The minimum atomic E-state index is -0.0796. The van der Waals surface area contributed by atoms with Crippen molar-refractivity contribution < 1.29 is 0 Å². The highest BCUT2D eigenvalue weighted by Crippen LogP contribution is 2.21. The number of hydrogen-bond donors (Lipinski definition) is 0. The van der Waals surface area contributed by atoms with Crippen LogP contribution in [0.15, 0.2) is 47.7 Å². The van der Waals surface area contributed by atoms with Crippen molar-refractivity contribution in [1.29, 1.82) is 0 Å². The van der Waals surface area contributed by atoms with Gasteiger partial charge in [0.2, 0.25) is 0 Å². The van der Waals surface area contributed by atoms with Gasteiger partial charge in [-0.25, -0.2) is 4.68 Å². The van der Waals surface area contributed by atoms with Gasteiger partial charge in [-0.1, -0.05) is 0 Å². The van der Waals surface area contributed by atoms with E-state index in [1.165, 1.54) is 0 Å². The van der Waals surface area contributed by atoms with Crippen LogP contribution in [0.25, 0.3) is 11.3 Å². The molecule has 1 unspecified atom stereocenters. The number of likely N-dealkylation sites (tertiary alicyclic amines) is 1. The van der Waals surface area contributed by atoms with Crippen molar-refractivity contribution in [2.24, 2.45) is 7.05 Å². The Bertz CT molecular complexity index is 934. The minimum absolute atomic E-state index is 0.0796. The summed E-state index contributed by atoms with van der Waals surface area (Å²) in [5, 5.41) is 13.0. The van der Waals surface area contributed by atoms with Gasteiger partial charge in [0.15, 0.2) is 0 Å². The quantitative estimate of drug-likeness (QED) is 0.685. The first-order chi connectivity index (χ1) is 12.7. The van der Waals surface area contributed by atoms with E-state index < -0.39 is 0 Å². The molecule has 1 saturated heterocycles. The van der Waals surface area contributed by atoms with Gasteiger partial charge >= 0.3 is 0 Å². The second-order valence-electron chi connectivity index (χ2n) is 6.57. The van der Waals surface area contributed by atoms with Crippen molar-refractivity contribution in [3.05, 3.63) is 58.9 Å². The van der Waals surface area contributed by atoms with Gasteiger partial charge in [-0.3, -0.25) is 14.7 Å². The lowest BCUT2D eigenvalue weighted by atomic mass is 10.2. The maximum Gasteiger partial charge on any atom is 0.266 e. The summed E-state index contributed by atoms with van der Waals surface area (Å²) >= 11 is 0. The average molecular weight is 351 g/mol. The number of aromatic nitrogens is 6. The summed E-state index contributed by atoms with van der Waals surface area (Å²) in [7, 11) is 1.82. The van der Waals surface area contributed by atoms with Crippen LogP contribution in [0.3, 0.4) is 0 Å². The fourth-order valence-electron chi connectivity index (χ4n) is 3.43. The molecule has 0 aromatic carbocycles. The number of aryl methyl sites for hydroxylation is 1. The van der Waals surface area contributed by atoms with Gasteiger partial charge in [0.05, 0.1) is 24.1 Å². The maximum atomic E-state index is 12.3. The second-order valence-corrected chi connectivity index (χ2v) is 6.57. The number of hydrogen-bond acceptors (Lipinski definition) is 6. The monoisotopic (exact) mass is 351 g/mol. The average Bonchev–Trinajstić information content (AvgIpc) is 3.27. The third-order valence-electron chi connectivity index (χ3n) is 4.72. The maximum absolute atomic E-state index is 12.3. The van der Waals surface area contributed by atoms with Crippen LogP contribution >= 0.6 is 0 Å². The standard InChI is InChI=1S/C18H21N7O/c1-23-20-11-15(21-23)12-24-9-3-5-16(24)13-25-18(26)7-6-17(22-25)14-4-2-8-19-10-14/h2,4,6-8,10-11,16H,3,5,9,12-13H2,1H3. The van der Waals surface area contributed by atoms with E-state index in [4.69, 9.17) is 0 Å². The fraction of sp³-hybridized carbons (Fsp3) is 0.389. The van der Waals surface area contributed by atoms with E-state index >= 15 is 0 Å². The van der Waals surface area contributed by atoms with Crippen LogP contribution in [0, 0.1) is 0 Å². The third kappa shape index (κ3) is 3.55. The van der Waals surface area contributed by atoms with Crippen molar-refractivity contribution in [3.63, 3.8) is 0 Å². The highest BCUT2D eigenvalue weighted by Gasteiger charge is 2.26. The smallest absolute Gasteiger partial charge is 0.266 e. The molecule has 0 saturated carbocycles. The van der Waals surface area contributed by atoms with Gasteiger partial charge in [-0.15, -0.1) is 0 Å². The first kappa shape index (κ1) is 16.6. The van der Waals surface area contributed by atoms with E-state index in [1.807, 2.05) is 19.2 Å². The largest absolute Gasteiger partial charge is 0.293 e. The summed E-state index contributed by atoms with van der Waals surface area (Å²) in [5.74, 6) is 0. The summed E-state index contributed by atoms with van der Waals surface area (Å²) in [6.45, 7) is 2.32. The van der Waals surface area contributed by atoms with Gasteiger partial charge in [-0.05, 0) is 37.6 Å². The lowest BCUT2D eigenvalue weighted by Gasteiger charge is -2.23. The SMILES string of the molecule is Cn1ncc(CN2CCCC2Cn2nc(-c3cccnc3)ccc2=O)n1. The first-order valence-electron chi connectivity index (χ1n) is 8.77. The molecule has 0 bridgehead atoms. The van der Waals surface area contributed by atoms with Gasteiger partial charge in [0, 0.05) is 43.7 Å². The summed E-state index contributed by atoms with van der Waals surface area (Å²) in [6.07, 6.45) is 7.44. The van der Waals surface area contributed by atoms with Crippen LogP contribution in [0.4, 0.5) is 0 Å². The molecule has 0 radical (unpaired) electrons. The number of rotatable bonds is 5. The Kier molecular flexibility index (Phi) is 4.57. The first-order valence-corrected chi connectivity index (χ1v) is 8.77. The van der Waals surface area contributed by atoms with E-state index in [9.17, 15) is 4.79 Å². The second kappa shape index (κ2) is 7.17. The molecule has 1 aliphatic rings. The molecule has 8 nitrogen and oxygen atoms in total. The molecule has 3 aromatic heterocycles. The van der Waals surface area contributed by atoms with Gasteiger partial charge in [0.25, 0.3) is 5.56 Å². The zero-order valence-electron chi connectivity index (χ0n) is 14.7. The molecule has 4 heterocycles. The lowest BCUT2D eigenvalue weighted by Crippen LogP contribution is -2.36. The predicted octanol–water partition coefficient (Wildman–Crippen LogP) is 1.10. The summed E-state index contributed by atoms with van der Waals surface area (Å²) in [4.78, 5) is 20.4. The molecule has 0 amide bonds. The van der Waals surface area contributed by atoms with E-state index in [0.29, 0.717) is 6.54 Å². The fourth-order valence-corrected chi connectivity index (χ4v) is 3.43. The zero-order chi connectivity index (χ0) is 17.9. The molecule has 3 aromatic rings. The normalized spacial score (nSPS) is 17.7. The van der Waals surface area contributed by atoms with Crippen LogP contribution in [0.2, 0.25) is 0 Å². The topological polar surface area (TPSA) is 81.7 Å². The molecule has 4 rings (SSSR count). The van der Waals surface area contributed by atoms with E-state index in [0.717, 1.165) is 42.9 Å². The Morgan fingerprint density at radius 1 is 1.19 bits per heavy atom.